The maximum atomic E-state index is 12.3. The molecule has 0 aromatic heterocycles. The molecule has 0 aromatic rings. The van der Waals surface area contributed by atoms with Crippen molar-refractivity contribution < 1.29 is 14.0 Å². The number of hydrogen-bond acceptors (Lipinski definition) is 3. The van der Waals surface area contributed by atoms with Crippen LogP contribution >= 0.6 is 11.8 Å². The summed E-state index contributed by atoms with van der Waals surface area (Å²) in [6.45, 7) is 1.33. The summed E-state index contributed by atoms with van der Waals surface area (Å²) in [5, 5.41) is -0.0488. The molecule has 0 bridgehead atoms. The first-order chi connectivity index (χ1) is 9.22. The van der Waals surface area contributed by atoms with Gasteiger partial charge in [-0.3, -0.25) is 9.59 Å². The van der Waals surface area contributed by atoms with Gasteiger partial charge in [0.1, 0.15) is 6.01 Å². The van der Waals surface area contributed by atoms with E-state index in [1.807, 2.05) is 4.90 Å². The van der Waals surface area contributed by atoms with Gasteiger partial charge in [-0.2, -0.15) is 0 Å². The molecule has 3 nitrogen and oxygen atoms in total. The Labute approximate surface area is 118 Å². The summed E-state index contributed by atoms with van der Waals surface area (Å²) < 4.78 is 12.1. The molecule has 1 aliphatic carbocycles. The van der Waals surface area contributed by atoms with Crippen LogP contribution in [0.5, 0.6) is 0 Å². The molecule has 1 saturated heterocycles. The molecule has 1 saturated carbocycles. The van der Waals surface area contributed by atoms with Crippen LogP contribution in [0, 0.1) is 11.8 Å². The molecule has 1 aliphatic heterocycles. The van der Waals surface area contributed by atoms with Crippen LogP contribution in [-0.2, 0) is 9.59 Å². The number of rotatable bonds is 3. The largest absolute Gasteiger partial charge is 0.342 e. The van der Waals surface area contributed by atoms with Crippen molar-refractivity contribution in [3.63, 3.8) is 0 Å². The lowest BCUT2D eigenvalue weighted by molar-refractivity contribution is -0.138. The lowest BCUT2D eigenvalue weighted by Crippen LogP contribution is -2.43. The van der Waals surface area contributed by atoms with Crippen molar-refractivity contribution in [3.8, 4) is 0 Å². The molecule has 2 fully saturated rings. The van der Waals surface area contributed by atoms with Crippen molar-refractivity contribution >= 4 is 22.8 Å². The summed E-state index contributed by atoms with van der Waals surface area (Å²) in [5.41, 5.74) is 0. The number of nitrogens with zero attached hydrogens (tertiary/aromatic N) is 1. The van der Waals surface area contributed by atoms with Gasteiger partial charge in [-0.05, 0) is 25.7 Å². The summed E-state index contributed by atoms with van der Waals surface area (Å²) in [6.07, 6.45) is 7.02. The van der Waals surface area contributed by atoms with E-state index in [0.717, 1.165) is 24.6 Å². The minimum atomic E-state index is -0.639. The van der Waals surface area contributed by atoms with Crippen LogP contribution < -0.4 is 0 Å². The molecule has 19 heavy (non-hydrogen) atoms. The SMILES string of the molecule is O=C(SCF)C1CCN(C(=O)C2CCCCC2)CC1. The third kappa shape index (κ3) is 3.94. The zero-order valence-electron chi connectivity index (χ0n) is 11.3. The lowest BCUT2D eigenvalue weighted by atomic mass is 9.87. The fourth-order valence-electron chi connectivity index (χ4n) is 3.11. The Morgan fingerprint density at radius 2 is 1.63 bits per heavy atom. The van der Waals surface area contributed by atoms with Gasteiger partial charge in [0.05, 0.1) is 0 Å². The molecule has 0 N–H and O–H groups in total. The number of carbonyl (C=O) groups excluding carboxylic acids is 2. The first kappa shape index (κ1) is 14.8. The van der Waals surface area contributed by atoms with E-state index in [4.69, 9.17) is 0 Å². The summed E-state index contributed by atoms with van der Waals surface area (Å²) in [6, 6.07) is -0.639. The third-order valence-corrected chi connectivity index (χ3v) is 5.02. The average Bonchev–Trinajstić information content (AvgIpc) is 2.48. The third-order valence-electron chi connectivity index (χ3n) is 4.29. The number of amides is 1. The van der Waals surface area contributed by atoms with Crippen LogP contribution in [-0.4, -0.2) is 35.0 Å². The van der Waals surface area contributed by atoms with Gasteiger partial charge in [0.2, 0.25) is 5.91 Å². The second kappa shape index (κ2) is 7.27. The molecule has 1 amide bonds. The Morgan fingerprint density at radius 3 is 2.21 bits per heavy atom. The molecule has 2 aliphatic rings. The molecular formula is C14H22FNO2S. The van der Waals surface area contributed by atoms with E-state index < -0.39 is 6.01 Å². The Balaban J connectivity index is 1.79. The molecule has 1 heterocycles. The quantitative estimate of drug-likeness (QED) is 0.801. The van der Waals surface area contributed by atoms with E-state index in [1.54, 1.807) is 0 Å². The normalized spacial score (nSPS) is 22.5. The monoisotopic (exact) mass is 287 g/mol. The Bertz CT molecular complexity index is 323. The molecule has 0 radical (unpaired) electrons. The molecule has 0 unspecified atom stereocenters. The summed E-state index contributed by atoms with van der Waals surface area (Å²) >= 11 is 0.766. The van der Waals surface area contributed by atoms with E-state index in [2.05, 4.69) is 0 Å². The molecule has 0 aromatic carbocycles. The van der Waals surface area contributed by atoms with E-state index in [0.29, 0.717) is 25.9 Å². The van der Waals surface area contributed by atoms with Gasteiger partial charge in [-0.25, -0.2) is 4.39 Å². The summed E-state index contributed by atoms with van der Waals surface area (Å²) in [5.74, 6) is 0.432. The van der Waals surface area contributed by atoms with Crippen LogP contribution in [0.3, 0.4) is 0 Å². The van der Waals surface area contributed by atoms with Crippen LogP contribution in [0.4, 0.5) is 4.39 Å². The van der Waals surface area contributed by atoms with Gasteiger partial charge in [-0.1, -0.05) is 31.0 Å². The fraction of sp³-hybridized carbons (Fsp3) is 0.857. The lowest BCUT2D eigenvalue weighted by Gasteiger charge is -2.34. The topological polar surface area (TPSA) is 37.4 Å². The summed E-state index contributed by atoms with van der Waals surface area (Å²) in [4.78, 5) is 25.8. The van der Waals surface area contributed by atoms with Crippen LogP contribution in [0.1, 0.15) is 44.9 Å². The number of carbonyl (C=O) groups is 2. The molecule has 0 spiro atoms. The second-order valence-corrected chi connectivity index (χ2v) is 6.42. The first-order valence-electron chi connectivity index (χ1n) is 7.23. The van der Waals surface area contributed by atoms with Crippen molar-refractivity contribution in [2.24, 2.45) is 11.8 Å². The van der Waals surface area contributed by atoms with Gasteiger partial charge >= 0.3 is 0 Å². The van der Waals surface area contributed by atoms with Crippen molar-refractivity contribution in [2.75, 3.05) is 19.1 Å². The van der Waals surface area contributed by atoms with Crippen LogP contribution in [0.2, 0.25) is 0 Å². The molecule has 2 rings (SSSR count). The van der Waals surface area contributed by atoms with E-state index in [9.17, 15) is 14.0 Å². The molecule has 108 valence electrons. The maximum absolute atomic E-state index is 12.3. The summed E-state index contributed by atoms with van der Waals surface area (Å²) in [7, 11) is 0. The van der Waals surface area contributed by atoms with Gasteiger partial charge < -0.3 is 4.90 Å². The number of halogens is 1. The number of thioether (sulfide) groups is 1. The Morgan fingerprint density at radius 1 is 1.00 bits per heavy atom. The predicted octanol–water partition coefficient (Wildman–Crippen LogP) is 2.99. The minimum absolute atomic E-state index is 0.0488. The van der Waals surface area contributed by atoms with Crippen LogP contribution in [0.25, 0.3) is 0 Å². The highest BCUT2D eigenvalue weighted by molar-refractivity contribution is 8.13. The first-order valence-corrected chi connectivity index (χ1v) is 8.22. The van der Waals surface area contributed by atoms with Crippen molar-refractivity contribution in [1.29, 1.82) is 0 Å². The van der Waals surface area contributed by atoms with Gasteiger partial charge in [0.15, 0.2) is 5.12 Å². The van der Waals surface area contributed by atoms with E-state index in [1.165, 1.54) is 19.3 Å². The maximum Gasteiger partial charge on any atom is 0.225 e. The molecular weight excluding hydrogens is 265 g/mol. The minimum Gasteiger partial charge on any atom is -0.342 e. The number of hydrogen-bond donors (Lipinski definition) is 0. The van der Waals surface area contributed by atoms with Gasteiger partial charge in [0, 0.05) is 24.9 Å². The van der Waals surface area contributed by atoms with Crippen molar-refractivity contribution in [2.45, 2.75) is 44.9 Å². The highest BCUT2D eigenvalue weighted by atomic mass is 32.2. The zero-order valence-corrected chi connectivity index (χ0v) is 12.1. The predicted molar refractivity (Wildman–Crippen MR) is 74.5 cm³/mol. The highest BCUT2D eigenvalue weighted by Gasteiger charge is 2.31. The Kier molecular flexibility index (Phi) is 5.67. The highest BCUT2D eigenvalue weighted by Crippen LogP contribution is 2.28. The number of piperidine rings is 1. The smallest absolute Gasteiger partial charge is 0.225 e. The van der Waals surface area contributed by atoms with E-state index >= 15 is 0 Å². The standard InChI is InChI=1S/C14H22FNO2S/c15-10-19-14(18)12-6-8-16(9-7-12)13(17)11-4-2-1-3-5-11/h11-12H,1-10H2. The van der Waals surface area contributed by atoms with Crippen LogP contribution in [0.15, 0.2) is 0 Å². The van der Waals surface area contributed by atoms with Crippen molar-refractivity contribution in [1.82, 2.24) is 4.90 Å². The average molecular weight is 287 g/mol. The second-order valence-electron chi connectivity index (χ2n) is 5.51. The number of alkyl halides is 1. The van der Waals surface area contributed by atoms with Crippen molar-refractivity contribution in [3.05, 3.63) is 0 Å². The van der Waals surface area contributed by atoms with Gasteiger partial charge in [0.25, 0.3) is 0 Å². The van der Waals surface area contributed by atoms with Gasteiger partial charge in [-0.15, -0.1) is 0 Å². The molecule has 5 heteroatoms. The fourth-order valence-corrected chi connectivity index (χ4v) is 3.69. The zero-order chi connectivity index (χ0) is 13.7. The molecule has 0 atom stereocenters. The van der Waals surface area contributed by atoms with E-state index in [-0.39, 0.29) is 22.9 Å². The Hall–Kier alpha value is -0.580. The number of likely N-dealkylation sites (tertiary alicyclic amines) is 1.